The van der Waals surface area contributed by atoms with Gasteiger partial charge in [-0.3, -0.25) is 9.78 Å². The number of hydrogen-bond donors (Lipinski definition) is 0. The lowest BCUT2D eigenvalue weighted by Crippen LogP contribution is -2.39. The molecule has 2 heterocycles. The van der Waals surface area contributed by atoms with Crippen LogP contribution in [0, 0.1) is 11.8 Å². The number of alkyl halides is 3. The summed E-state index contributed by atoms with van der Waals surface area (Å²) in [6.45, 7) is 0.447. The van der Waals surface area contributed by atoms with Crippen molar-refractivity contribution in [2.75, 3.05) is 13.1 Å². The van der Waals surface area contributed by atoms with E-state index in [0.717, 1.165) is 16.9 Å². The highest BCUT2D eigenvalue weighted by molar-refractivity contribution is 5.82. The van der Waals surface area contributed by atoms with Gasteiger partial charge in [0.25, 0.3) is 0 Å². The van der Waals surface area contributed by atoms with E-state index in [2.05, 4.69) is 4.98 Å². The van der Waals surface area contributed by atoms with Crippen molar-refractivity contribution in [3.05, 3.63) is 30.1 Å². The van der Waals surface area contributed by atoms with Crippen LogP contribution in [0.1, 0.15) is 17.9 Å². The van der Waals surface area contributed by atoms with Crippen molar-refractivity contribution in [3.8, 4) is 0 Å². The molecular weight excluding hydrogens is 257 g/mol. The van der Waals surface area contributed by atoms with Crippen molar-refractivity contribution in [3.63, 3.8) is 0 Å². The zero-order chi connectivity index (χ0) is 13.6. The highest BCUT2D eigenvalue weighted by Gasteiger charge is 2.53. The van der Waals surface area contributed by atoms with E-state index in [0.29, 0.717) is 0 Å². The van der Waals surface area contributed by atoms with Crippen molar-refractivity contribution < 1.29 is 18.0 Å². The SMILES string of the molecule is O=C(N1CC2CC(c3cccnc3)C2C1)C(F)(F)F. The fraction of sp³-hybridized carbons (Fsp3) is 0.538. The van der Waals surface area contributed by atoms with Crippen LogP contribution in [-0.2, 0) is 4.79 Å². The number of fused-ring (bicyclic) bond motifs is 1. The smallest absolute Gasteiger partial charge is 0.334 e. The maximum absolute atomic E-state index is 12.4. The molecule has 1 aromatic rings. The van der Waals surface area contributed by atoms with Gasteiger partial charge in [0.1, 0.15) is 0 Å². The number of pyridine rings is 1. The summed E-state index contributed by atoms with van der Waals surface area (Å²) in [4.78, 5) is 16.2. The van der Waals surface area contributed by atoms with Crippen LogP contribution in [0.15, 0.2) is 24.5 Å². The first-order chi connectivity index (χ1) is 8.97. The van der Waals surface area contributed by atoms with Crippen molar-refractivity contribution in [1.82, 2.24) is 9.88 Å². The Hall–Kier alpha value is -1.59. The van der Waals surface area contributed by atoms with E-state index in [-0.39, 0.29) is 30.8 Å². The molecule has 102 valence electrons. The Bertz CT molecular complexity index is 488. The van der Waals surface area contributed by atoms with Gasteiger partial charge in [-0.15, -0.1) is 0 Å². The number of aromatic nitrogens is 1. The predicted octanol–water partition coefficient (Wildman–Crippen LogP) is 2.21. The van der Waals surface area contributed by atoms with E-state index in [9.17, 15) is 18.0 Å². The average Bonchev–Trinajstić information content (AvgIpc) is 2.67. The number of nitrogens with zero attached hydrogens (tertiary/aromatic N) is 2. The van der Waals surface area contributed by atoms with Gasteiger partial charge >= 0.3 is 12.1 Å². The average molecular weight is 270 g/mol. The second kappa shape index (κ2) is 4.21. The van der Waals surface area contributed by atoms with Crippen LogP contribution in [-0.4, -0.2) is 35.1 Å². The van der Waals surface area contributed by atoms with Crippen molar-refractivity contribution in [2.24, 2.45) is 11.8 Å². The summed E-state index contributed by atoms with van der Waals surface area (Å²) in [5, 5.41) is 0. The Morgan fingerprint density at radius 3 is 2.79 bits per heavy atom. The van der Waals surface area contributed by atoms with Gasteiger partial charge in [0.2, 0.25) is 0 Å². The molecule has 1 aliphatic carbocycles. The molecule has 0 N–H and O–H groups in total. The number of hydrogen-bond acceptors (Lipinski definition) is 2. The zero-order valence-electron chi connectivity index (χ0n) is 10.1. The summed E-state index contributed by atoms with van der Waals surface area (Å²) in [6.07, 6.45) is -0.478. The molecule has 0 bridgehead atoms. The van der Waals surface area contributed by atoms with Crippen molar-refractivity contribution in [1.29, 1.82) is 0 Å². The van der Waals surface area contributed by atoms with Gasteiger partial charge in [0.15, 0.2) is 0 Å². The van der Waals surface area contributed by atoms with E-state index in [4.69, 9.17) is 0 Å². The normalized spacial score (nSPS) is 29.8. The topological polar surface area (TPSA) is 33.2 Å². The van der Waals surface area contributed by atoms with Crippen LogP contribution in [0.4, 0.5) is 13.2 Å². The van der Waals surface area contributed by atoms with Gasteiger partial charge in [0, 0.05) is 25.5 Å². The minimum atomic E-state index is -4.76. The fourth-order valence-corrected chi connectivity index (χ4v) is 3.23. The lowest BCUT2D eigenvalue weighted by molar-refractivity contribution is -0.184. The molecule has 3 rings (SSSR count). The van der Waals surface area contributed by atoms with Gasteiger partial charge in [-0.25, -0.2) is 0 Å². The molecule has 0 radical (unpaired) electrons. The van der Waals surface area contributed by atoms with Crippen molar-refractivity contribution >= 4 is 5.91 Å². The van der Waals surface area contributed by atoms with Gasteiger partial charge < -0.3 is 4.90 Å². The standard InChI is InChI=1S/C13H13F3N2O/c14-13(15,16)12(19)18-6-9-4-10(11(9)7-18)8-2-1-3-17-5-8/h1-3,5,9-11H,4,6-7H2. The first-order valence-corrected chi connectivity index (χ1v) is 6.23. The Labute approximate surface area is 108 Å². The summed E-state index contributed by atoms with van der Waals surface area (Å²) < 4.78 is 37.2. The molecule has 1 saturated heterocycles. The molecule has 1 aliphatic heterocycles. The number of amides is 1. The van der Waals surface area contributed by atoms with E-state index in [1.807, 2.05) is 12.1 Å². The van der Waals surface area contributed by atoms with Crippen molar-refractivity contribution in [2.45, 2.75) is 18.5 Å². The molecule has 1 amide bonds. The number of halogens is 3. The third kappa shape index (κ3) is 2.09. The van der Waals surface area contributed by atoms with Crippen LogP contribution < -0.4 is 0 Å². The summed E-state index contributed by atoms with van der Waals surface area (Å²) in [6, 6.07) is 3.78. The van der Waals surface area contributed by atoms with Crippen LogP contribution in [0.25, 0.3) is 0 Å². The van der Waals surface area contributed by atoms with E-state index < -0.39 is 12.1 Å². The molecule has 6 heteroatoms. The van der Waals surface area contributed by atoms with Gasteiger partial charge in [-0.2, -0.15) is 13.2 Å². The third-order valence-corrected chi connectivity index (χ3v) is 4.21. The highest BCUT2D eigenvalue weighted by atomic mass is 19.4. The molecule has 2 aliphatic rings. The lowest BCUT2D eigenvalue weighted by Gasteiger charge is -2.39. The predicted molar refractivity (Wildman–Crippen MR) is 61.2 cm³/mol. The molecule has 19 heavy (non-hydrogen) atoms. The number of rotatable bonds is 1. The minimum absolute atomic E-state index is 0.149. The molecule has 0 aromatic carbocycles. The summed E-state index contributed by atoms with van der Waals surface area (Å²) >= 11 is 0. The molecule has 3 nitrogen and oxygen atoms in total. The molecule has 2 fully saturated rings. The number of carbonyl (C=O) groups excluding carboxylic acids is 1. The second-order valence-corrected chi connectivity index (χ2v) is 5.26. The van der Waals surface area contributed by atoms with Crippen LogP contribution in [0.2, 0.25) is 0 Å². The fourth-order valence-electron chi connectivity index (χ4n) is 3.23. The Morgan fingerprint density at radius 2 is 2.16 bits per heavy atom. The zero-order valence-corrected chi connectivity index (χ0v) is 10.1. The Morgan fingerprint density at radius 1 is 1.37 bits per heavy atom. The minimum Gasteiger partial charge on any atom is -0.334 e. The largest absolute Gasteiger partial charge is 0.471 e. The summed E-state index contributed by atoms with van der Waals surface area (Å²) in [5.74, 6) is -1.11. The quantitative estimate of drug-likeness (QED) is 0.784. The summed E-state index contributed by atoms with van der Waals surface area (Å²) in [7, 11) is 0. The maximum atomic E-state index is 12.4. The first kappa shape index (κ1) is 12.4. The number of likely N-dealkylation sites (tertiary alicyclic amines) is 1. The maximum Gasteiger partial charge on any atom is 0.471 e. The second-order valence-electron chi connectivity index (χ2n) is 5.26. The molecule has 0 spiro atoms. The molecular formula is C13H13F3N2O. The van der Waals surface area contributed by atoms with Gasteiger partial charge in [-0.1, -0.05) is 6.07 Å². The van der Waals surface area contributed by atoms with Gasteiger partial charge in [0.05, 0.1) is 0 Å². The third-order valence-electron chi connectivity index (χ3n) is 4.21. The highest BCUT2D eigenvalue weighted by Crippen LogP contribution is 2.51. The molecule has 3 unspecified atom stereocenters. The summed E-state index contributed by atoms with van der Waals surface area (Å²) in [5.41, 5.74) is 1.06. The Balaban J connectivity index is 1.69. The molecule has 3 atom stereocenters. The van der Waals surface area contributed by atoms with E-state index >= 15 is 0 Å². The van der Waals surface area contributed by atoms with Crippen LogP contribution >= 0.6 is 0 Å². The van der Waals surface area contributed by atoms with E-state index in [1.54, 1.807) is 12.4 Å². The monoisotopic (exact) mass is 270 g/mol. The molecule has 1 saturated carbocycles. The van der Waals surface area contributed by atoms with Crippen LogP contribution in [0.3, 0.4) is 0 Å². The number of carbonyl (C=O) groups is 1. The van der Waals surface area contributed by atoms with E-state index in [1.165, 1.54) is 0 Å². The lowest BCUT2D eigenvalue weighted by atomic mass is 9.64. The molecule has 1 aromatic heterocycles. The van der Waals surface area contributed by atoms with Crippen LogP contribution in [0.5, 0.6) is 0 Å². The van der Waals surface area contributed by atoms with Gasteiger partial charge in [-0.05, 0) is 35.8 Å². The first-order valence-electron chi connectivity index (χ1n) is 6.23. The Kier molecular flexibility index (Phi) is 2.76.